The second-order valence-corrected chi connectivity index (χ2v) is 5.40. The molecule has 2 aromatic rings. The van der Waals surface area contributed by atoms with Gasteiger partial charge in [-0.25, -0.2) is 9.98 Å². The highest BCUT2D eigenvalue weighted by molar-refractivity contribution is 14.0. The number of guanidine groups is 1. The minimum atomic E-state index is -2.95. The van der Waals surface area contributed by atoms with Crippen LogP contribution in [0.3, 0.4) is 0 Å². The summed E-state index contributed by atoms with van der Waals surface area (Å²) in [7, 11) is 1.79. The molecule has 156 valence electrons. The van der Waals surface area contributed by atoms with E-state index in [-0.39, 0.29) is 42.0 Å². The summed E-state index contributed by atoms with van der Waals surface area (Å²) >= 11 is 0. The van der Waals surface area contributed by atoms with Crippen LogP contribution in [0.5, 0.6) is 11.5 Å². The first kappa shape index (κ1) is 23.9. The summed E-state index contributed by atoms with van der Waals surface area (Å²) in [6.45, 7) is 2.30. The maximum Gasteiger partial charge on any atom is 0.387 e. The molecule has 28 heavy (non-hydrogen) atoms. The molecule has 0 spiro atoms. The first-order valence-electron chi connectivity index (χ1n) is 8.59. The number of aryl methyl sites for hydroxylation is 1. The Balaban J connectivity index is 0.00000392. The Morgan fingerprint density at radius 2 is 2.07 bits per heavy atom. The number of hydrogen-bond donors (Lipinski definition) is 2. The van der Waals surface area contributed by atoms with E-state index in [2.05, 4.69) is 30.4 Å². The lowest BCUT2D eigenvalue weighted by Gasteiger charge is -2.15. The smallest absolute Gasteiger partial charge is 0.387 e. The molecule has 0 atom stereocenters. The van der Waals surface area contributed by atoms with Gasteiger partial charge in [0.25, 0.3) is 0 Å². The molecule has 0 aliphatic rings. The molecule has 2 N–H and O–H groups in total. The summed E-state index contributed by atoms with van der Waals surface area (Å²) < 4.78 is 37.3. The van der Waals surface area contributed by atoms with Crippen molar-refractivity contribution in [2.75, 3.05) is 13.2 Å². The minimum absolute atomic E-state index is 0. The summed E-state index contributed by atoms with van der Waals surface area (Å²) in [5, 5.41) is 10.2. The van der Waals surface area contributed by atoms with Crippen molar-refractivity contribution in [3.05, 3.63) is 35.9 Å². The molecule has 0 aliphatic heterocycles. The molecular formula is C17H25F2IN6O2. The van der Waals surface area contributed by atoms with Crippen LogP contribution in [-0.4, -0.2) is 40.5 Å². The van der Waals surface area contributed by atoms with Gasteiger partial charge in [-0.2, -0.15) is 13.9 Å². The van der Waals surface area contributed by atoms with E-state index in [1.165, 1.54) is 6.33 Å². The van der Waals surface area contributed by atoms with Crippen LogP contribution in [0, 0.1) is 0 Å². The molecule has 2 rings (SSSR count). The van der Waals surface area contributed by atoms with Crippen molar-refractivity contribution in [1.82, 2.24) is 25.4 Å². The van der Waals surface area contributed by atoms with Gasteiger partial charge < -0.3 is 20.1 Å². The predicted molar refractivity (Wildman–Crippen MR) is 112 cm³/mol. The third-order valence-corrected chi connectivity index (χ3v) is 3.54. The second-order valence-electron chi connectivity index (χ2n) is 5.40. The minimum Gasteiger partial charge on any atom is -0.490 e. The molecule has 0 fully saturated rings. The fourth-order valence-corrected chi connectivity index (χ4v) is 2.33. The van der Waals surface area contributed by atoms with Crippen molar-refractivity contribution in [1.29, 1.82) is 0 Å². The molecule has 0 amide bonds. The molecule has 0 bridgehead atoms. The number of nitrogens with zero attached hydrogens (tertiary/aromatic N) is 4. The van der Waals surface area contributed by atoms with Gasteiger partial charge in [0, 0.05) is 19.2 Å². The maximum atomic E-state index is 12.8. The monoisotopic (exact) mass is 510 g/mol. The van der Waals surface area contributed by atoms with Crippen molar-refractivity contribution in [2.45, 2.75) is 33.5 Å². The van der Waals surface area contributed by atoms with E-state index < -0.39 is 6.61 Å². The van der Waals surface area contributed by atoms with Crippen LogP contribution >= 0.6 is 24.0 Å². The molecule has 0 aliphatic carbocycles. The number of aliphatic imine (C=N–C) groups is 1. The highest BCUT2D eigenvalue weighted by atomic mass is 127. The van der Waals surface area contributed by atoms with Crippen LogP contribution in [0.2, 0.25) is 0 Å². The highest BCUT2D eigenvalue weighted by Crippen LogP contribution is 2.33. The number of alkyl halides is 2. The molecule has 8 nitrogen and oxygen atoms in total. The van der Waals surface area contributed by atoms with Crippen LogP contribution in [0.1, 0.15) is 25.2 Å². The van der Waals surface area contributed by atoms with Crippen molar-refractivity contribution >= 4 is 29.9 Å². The van der Waals surface area contributed by atoms with Crippen LogP contribution < -0.4 is 20.1 Å². The summed E-state index contributed by atoms with van der Waals surface area (Å²) in [5.74, 6) is 1.52. The van der Waals surface area contributed by atoms with Crippen molar-refractivity contribution < 1.29 is 18.3 Å². The van der Waals surface area contributed by atoms with Crippen molar-refractivity contribution in [3.8, 4) is 11.5 Å². The lowest BCUT2D eigenvalue weighted by molar-refractivity contribution is -0.0520. The Morgan fingerprint density at radius 1 is 1.29 bits per heavy atom. The average molecular weight is 510 g/mol. The summed E-state index contributed by atoms with van der Waals surface area (Å²) in [6.07, 6.45) is 1.47. The van der Waals surface area contributed by atoms with Gasteiger partial charge in [0.15, 0.2) is 17.5 Å². The molecular weight excluding hydrogens is 485 g/mol. The van der Waals surface area contributed by atoms with Gasteiger partial charge >= 0.3 is 6.61 Å². The first-order chi connectivity index (χ1) is 13.0. The van der Waals surface area contributed by atoms with Gasteiger partial charge in [0.2, 0.25) is 0 Å². The van der Waals surface area contributed by atoms with E-state index in [0.717, 1.165) is 5.82 Å². The fourth-order valence-electron chi connectivity index (χ4n) is 2.33. The normalized spacial score (nSPS) is 11.1. The zero-order chi connectivity index (χ0) is 19.6. The summed E-state index contributed by atoms with van der Waals surface area (Å²) in [6, 6.07) is 4.98. The Morgan fingerprint density at radius 3 is 2.68 bits per heavy atom. The number of halogens is 3. The third-order valence-electron chi connectivity index (χ3n) is 3.54. The largest absolute Gasteiger partial charge is 0.490 e. The van der Waals surface area contributed by atoms with E-state index in [1.54, 1.807) is 36.9 Å². The zero-order valence-corrected chi connectivity index (χ0v) is 18.3. The highest BCUT2D eigenvalue weighted by Gasteiger charge is 2.15. The number of nitrogens with one attached hydrogen (secondary N) is 2. The van der Waals surface area contributed by atoms with Gasteiger partial charge in [-0.15, -0.1) is 24.0 Å². The van der Waals surface area contributed by atoms with E-state index in [0.29, 0.717) is 31.2 Å². The zero-order valence-electron chi connectivity index (χ0n) is 16.0. The molecule has 0 unspecified atom stereocenters. The van der Waals surface area contributed by atoms with E-state index in [4.69, 9.17) is 4.74 Å². The molecule has 0 saturated heterocycles. The molecule has 0 radical (unpaired) electrons. The van der Waals surface area contributed by atoms with Crippen molar-refractivity contribution in [2.24, 2.45) is 12.0 Å². The molecule has 11 heteroatoms. The fraction of sp³-hybridized carbons (Fsp3) is 0.471. The Kier molecular flexibility index (Phi) is 10.5. The third kappa shape index (κ3) is 7.09. The van der Waals surface area contributed by atoms with Gasteiger partial charge in [-0.1, -0.05) is 12.1 Å². The Bertz CT molecular complexity index is 757. The van der Waals surface area contributed by atoms with E-state index >= 15 is 0 Å². The number of para-hydroxylation sites is 1. The van der Waals surface area contributed by atoms with E-state index in [1.807, 2.05) is 6.92 Å². The SMILES string of the molecule is CCNC(=NCc1cccc(OCC)c1OC(F)F)NCc1ncnn1C.I. The molecule has 1 aromatic heterocycles. The molecule has 1 heterocycles. The number of aromatic nitrogens is 3. The predicted octanol–water partition coefficient (Wildman–Crippen LogP) is 2.69. The lowest BCUT2D eigenvalue weighted by Crippen LogP contribution is -2.37. The van der Waals surface area contributed by atoms with Crippen molar-refractivity contribution in [3.63, 3.8) is 0 Å². The number of ether oxygens (including phenoxy) is 2. The topological polar surface area (TPSA) is 85.6 Å². The van der Waals surface area contributed by atoms with Gasteiger partial charge in [0.1, 0.15) is 12.2 Å². The molecule has 1 aromatic carbocycles. The Labute approximate surface area is 179 Å². The van der Waals surface area contributed by atoms with Crippen LogP contribution in [0.15, 0.2) is 29.5 Å². The number of hydrogen-bond acceptors (Lipinski definition) is 5. The van der Waals surface area contributed by atoms with E-state index in [9.17, 15) is 8.78 Å². The first-order valence-corrected chi connectivity index (χ1v) is 8.59. The van der Waals surface area contributed by atoms with Gasteiger partial charge in [-0.3, -0.25) is 4.68 Å². The number of benzene rings is 1. The van der Waals surface area contributed by atoms with Gasteiger partial charge in [0.05, 0.1) is 19.7 Å². The average Bonchev–Trinajstić information content (AvgIpc) is 3.04. The quantitative estimate of drug-likeness (QED) is 0.307. The lowest BCUT2D eigenvalue weighted by atomic mass is 10.2. The maximum absolute atomic E-state index is 12.8. The van der Waals surface area contributed by atoms with Crippen LogP contribution in [0.25, 0.3) is 0 Å². The number of rotatable bonds is 9. The standard InChI is InChI=1S/C17H24F2N6O2.HI/c1-4-20-17(22-10-14-23-11-24-25(14)3)21-9-12-7-6-8-13(26-5-2)15(12)27-16(18)19;/h6-8,11,16H,4-5,9-10H2,1-3H3,(H2,20,21,22);1H. The second kappa shape index (κ2) is 12.3. The molecule has 0 saturated carbocycles. The Hall–Kier alpha value is -2.18. The summed E-state index contributed by atoms with van der Waals surface area (Å²) in [5.41, 5.74) is 0.497. The van der Waals surface area contributed by atoms with Crippen LogP contribution in [0.4, 0.5) is 8.78 Å². The summed E-state index contributed by atoms with van der Waals surface area (Å²) in [4.78, 5) is 8.57. The van der Waals surface area contributed by atoms with Crippen LogP contribution in [-0.2, 0) is 20.1 Å². The van der Waals surface area contributed by atoms with Gasteiger partial charge in [-0.05, 0) is 19.9 Å².